The van der Waals surface area contributed by atoms with Gasteiger partial charge in [0.1, 0.15) is 5.75 Å². The molecular weight excluding hydrogens is 216 g/mol. The van der Waals surface area contributed by atoms with Gasteiger partial charge in [0.2, 0.25) is 0 Å². The largest absolute Gasteiger partial charge is 0.496 e. The third-order valence-corrected chi connectivity index (χ3v) is 2.63. The number of hydrogen-bond acceptors (Lipinski definition) is 2. The monoisotopic (exact) mass is 236 g/mol. The Hall–Kier alpha value is -1.51. The van der Waals surface area contributed by atoms with Gasteiger partial charge in [-0.3, -0.25) is 4.79 Å². The molecular formula is C14H20O3. The first-order valence-electron chi connectivity index (χ1n) is 5.71. The first-order valence-corrected chi connectivity index (χ1v) is 5.71. The molecule has 94 valence electrons. The number of ether oxygens (including phenoxy) is 1. The molecule has 0 saturated heterocycles. The quantitative estimate of drug-likeness (QED) is 0.872. The molecule has 17 heavy (non-hydrogen) atoms. The van der Waals surface area contributed by atoms with Crippen LogP contribution in [0.4, 0.5) is 0 Å². The minimum absolute atomic E-state index is 0.0378. The zero-order valence-electron chi connectivity index (χ0n) is 10.9. The van der Waals surface area contributed by atoms with E-state index in [9.17, 15) is 9.90 Å². The molecule has 1 N–H and O–H groups in total. The number of carboxylic acid groups (broad SMARTS) is 1. The van der Waals surface area contributed by atoms with Gasteiger partial charge in [0.15, 0.2) is 0 Å². The third-order valence-electron chi connectivity index (χ3n) is 2.63. The SMILES string of the molecule is COc1ccccc1C(CC(C)(C)C)C(=O)O. The Morgan fingerprint density at radius 3 is 2.41 bits per heavy atom. The van der Waals surface area contributed by atoms with Gasteiger partial charge in [-0.05, 0) is 17.9 Å². The molecule has 3 heteroatoms. The molecule has 0 fully saturated rings. The molecule has 0 aromatic heterocycles. The van der Waals surface area contributed by atoms with Crippen molar-refractivity contribution < 1.29 is 14.6 Å². The minimum Gasteiger partial charge on any atom is -0.496 e. The molecule has 0 aliphatic rings. The lowest BCUT2D eigenvalue weighted by molar-refractivity contribution is -0.139. The van der Waals surface area contributed by atoms with E-state index in [1.807, 2.05) is 39.0 Å². The van der Waals surface area contributed by atoms with Crippen molar-refractivity contribution in [1.29, 1.82) is 0 Å². The van der Waals surface area contributed by atoms with Crippen molar-refractivity contribution in [2.24, 2.45) is 5.41 Å². The van der Waals surface area contributed by atoms with Crippen LogP contribution in [-0.2, 0) is 4.79 Å². The number of hydrogen-bond donors (Lipinski definition) is 1. The lowest BCUT2D eigenvalue weighted by Crippen LogP contribution is -2.19. The van der Waals surface area contributed by atoms with E-state index in [1.54, 1.807) is 13.2 Å². The molecule has 0 amide bonds. The van der Waals surface area contributed by atoms with Crippen LogP contribution in [0.25, 0.3) is 0 Å². The first-order chi connectivity index (χ1) is 7.85. The molecule has 1 aromatic rings. The highest BCUT2D eigenvalue weighted by Gasteiger charge is 2.28. The van der Waals surface area contributed by atoms with Crippen LogP contribution >= 0.6 is 0 Å². The summed E-state index contributed by atoms with van der Waals surface area (Å²) in [5.41, 5.74) is 0.710. The van der Waals surface area contributed by atoms with E-state index in [4.69, 9.17) is 4.74 Å². The van der Waals surface area contributed by atoms with Crippen molar-refractivity contribution >= 4 is 5.97 Å². The van der Waals surface area contributed by atoms with E-state index in [2.05, 4.69) is 0 Å². The molecule has 0 heterocycles. The second kappa shape index (κ2) is 5.21. The lowest BCUT2D eigenvalue weighted by atomic mass is 9.81. The summed E-state index contributed by atoms with van der Waals surface area (Å²) in [7, 11) is 1.56. The van der Waals surface area contributed by atoms with E-state index in [1.165, 1.54) is 0 Å². The molecule has 1 atom stereocenters. The van der Waals surface area contributed by atoms with Crippen LogP contribution < -0.4 is 4.74 Å². The standard InChI is InChI=1S/C14H20O3/c1-14(2,3)9-11(13(15)16)10-7-5-6-8-12(10)17-4/h5-8,11H,9H2,1-4H3,(H,15,16). The average molecular weight is 236 g/mol. The van der Waals surface area contributed by atoms with Crippen molar-refractivity contribution in [2.45, 2.75) is 33.1 Å². The van der Waals surface area contributed by atoms with E-state index >= 15 is 0 Å². The van der Waals surface area contributed by atoms with E-state index in [0.29, 0.717) is 12.2 Å². The Balaban J connectivity index is 3.10. The lowest BCUT2D eigenvalue weighted by Gasteiger charge is -2.24. The maximum absolute atomic E-state index is 11.4. The first kappa shape index (κ1) is 13.6. The Labute approximate surface area is 102 Å². The summed E-state index contributed by atoms with van der Waals surface area (Å²) in [5, 5.41) is 9.35. The van der Waals surface area contributed by atoms with Crippen LogP contribution in [0.5, 0.6) is 5.75 Å². The number of para-hydroxylation sites is 1. The number of methoxy groups -OCH3 is 1. The third kappa shape index (κ3) is 3.77. The van der Waals surface area contributed by atoms with Gasteiger partial charge in [-0.25, -0.2) is 0 Å². The van der Waals surface area contributed by atoms with Crippen LogP contribution in [0.1, 0.15) is 38.7 Å². The predicted molar refractivity (Wildman–Crippen MR) is 67.4 cm³/mol. The number of carboxylic acids is 1. The van der Waals surface area contributed by atoms with Crippen molar-refractivity contribution in [1.82, 2.24) is 0 Å². The highest BCUT2D eigenvalue weighted by Crippen LogP contribution is 2.35. The minimum atomic E-state index is -0.801. The topological polar surface area (TPSA) is 46.5 Å². The molecule has 1 aromatic carbocycles. The highest BCUT2D eigenvalue weighted by atomic mass is 16.5. The average Bonchev–Trinajstić information content (AvgIpc) is 2.24. The zero-order chi connectivity index (χ0) is 13.1. The number of carbonyl (C=O) groups is 1. The van der Waals surface area contributed by atoms with Crippen LogP contribution in [0, 0.1) is 5.41 Å². The Bertz CT molecular complexity index is 391. The summed E-state index contributed by atoms with van der Waals surface area (Å²) >= 11 is 0. The number of aliphatic carboxylic acids is 1. The summed E-state index contributed by atoms with van der Waals surface area (Å²) in [6.45, 7) is 6.12. The van der Waals surface area contributed by atoms with Crippen LogP contribution in [-0.4, -0.2) is 18.2 Å². The van der Waals surface area contributed by atoms with Crippen molar-refractivity contribution in [2.75, 3.05) is 7.11 Å². The summed E-state index contributed by atoms with van der Waals surface area (Å²) in [5.74, 6) is -0.681. The number of rotatable bonds is 4. The summed E-state index contributed by atoms with van der Waals surface area (Å²) in [6, 6.07) is 7.31. The van der Waals surface area contributed by atoms with Crippen molar-refractivity contribution in [3.8, 4) is 5.75 Å². The molecule has 0 aliphatic heterocycles. The summed E-state index contributed by atoms with van der Waals surface area (Å²) in [6.07, 6.45) is 0.586. The fourth-order valence-electron chi connectivity index (χ4n) is 1.90. The second-order valence-corrected chi connectivity index (χ2v) is 5.40. The number of benzene rings is 1. The highest BCUT2D eigenvalue weighted by molar-refractivity contribution is 5.77. The van der Waals surface area contributed by atoms with Gasteiger partial charge in [0.25, 0.3) is 0 Å². The Morgan fingerprint density at radius 1 is 1.35 bits per heavy atom. The molecule has 3 nitrogen and oxygen atoms in total. The normalized spacial score (nSPS) is 13.2. The fourth-order valence-corrected chi connectivity index (χ4v) is 1.90. The zero-order valence-corrected chi connectivity index (χ0v) is 10.9. The van der Waals surface area contributed by atoms with Gasteiger partial charge in [-0.1, -0.05) is 39.0 Å². The molecule has 0 spiro atoms. The molecule has 1 unspecified atom stereocenters. The predicted octanol–water partition coefficient (Wildman–Crippen LogP) is 3.30. The Kier molecular flexibility index (Phi) is 4.16. The molecule has 1 rings (SSSR count). The summed E-state index contributed by atoms with van der Waals surface area (Å²) < 4.78 is 5.23. The van der Waals surface area contributed by atoms with Crippen molar-refractivity contribution in [3.05, 3.63) is 29.8 Å². The van der Waals surface area contributed by atoms with Gasteiger partial charge in [-0.15, -0.1) is 0 Å². The maximum Gasteiger partial charge on any atom is 0.311 e. The van der Waals surface area contributed by atoms with Gasteiger partial charge in [0.05, 0.1) is 13.0 Å². The van der Waals surface area contributed by atoms with E-state index in [0.717, 1.165) is 5.56 Å². The maximum atomic E-state index is 11.4. The smallest absolute Gasteiger partial charge is 0.311 e. The summed E-state index contributed by atoms with van der Waals surface area (Å²) in [4.78, 5) is 11.4. The van der Waals surface area contributed by atoms with Crippen LogP contribution in [0.2, 0.25) is 0 Å². The molecule has 0 radical (unpaired) electrons. The fraction of sp³-hybridized carbons (Fsp3) is 0.500. The van der Waals surface area contributed by atoms with Crippen LogP contribution in [0.3, 0.4) is 0 Å². The van der Waals surface area contributed by atoms with Crippen LogP contribution in [0.15, 0.2) is 24.3 Å². The Morgan fingerprint density at radius 2 is 1.94 bits per heavy atom. The van der Waals surface area contributed by atoms with Gasteiger partial charge in [-0.2, -0.15) is 0 Å². The molecule has 0 bridgehead atoms. The molecule has 0 saturated carbocycles. The van der Waals surface area contributed by atoms with E-state index in [-0.39, 0.29) is 5.41 Å². The van der Waals surface area contributed by atoms with E-state index < -0.39 is 11.9 Å². The van der Waals surface area contributed by atoms with Crippen molar-refractivity contribution in [3.63, 3.8) is 0 Å². The van der Waals surface area contributed by atoms with Gasteiger partial charge in [0, 0.05) is 5.56 Å². The van der Waals surface area contributed by atoms with Gasteiger partial charge < -0.3 is 9.84 Å². The second-order valence-electron chi connectivity index (χ2n) is 5.40. The molecule has 0 aliphatic carbocycles. The van der Waals surface area contributed by atoms with Gasteiger partial charge >= 0.3 is 5.97 Å².